The van der Waals surface area contributed by atoms with Crippen molar-refractivity contribution in [3.8, 4) is 0 Å². The van der Waals surface area contributed by atoms with Crippen molar-refractivity contribution in [2.45, 2.75) is 32.2 Å². The lowest BCUT2D eigenvalue weighted by molar-refractivity contribution is 0.0998. The minimum absolute atomic E-state index is 0.0770. The first-order valence-corrected chi connectivity index (χ1v) is 12.9. The van der Waals surface area contributed by atoms with Crippen LogP contribution >= 0.6 is 22.9 Å². The van der Waals surface area contributed by atoms with Crippen LogP contribution in [0.15, 0.2) is 70.6 Å². The fraction of sp³-hybridized carbons (Fsp3) is 0.167. The molecule has 0 aliphatic rings. The van der Waals surface area contributed by atoms with Gasteiger partial charge in [-0.05, 0) is 86.5 Å². The van der Waals surface area contributed by atoms with Crippen LogP contribution in [0.3, 0.4) is 0 Å². The molecule has 9 heteroatoms. The number of carbonyl (C=O) groups is 1. The molecule has 0 aliphatic carbocycles. The van der Waals surface area contributed by atoms with E-state index in [1.54, 1.807) is 18.2 Å². The zero-order valence-electron chi connectivity index (χ0n) is 18.3. The molecule has 0 bridgehead atoms. The molecule has 0 saturated carbocycles. The number of anilines is 1. The summed E-state index contributed by atoms with van der Waals surface area (Å²) in [7, 11) is -3.82. The molecular formula is C24H22ClN3O3S2. The van der Waals surface area contributed by atoms with Gasteiger partial charge in [0.2, 0.25) is 0 Å². The number of benzene rings is 3. The molecule has 4 aromatic rings. The second-order valence-corrected chi connectivity index (χ2v) is 10.7. The third-order valence-corrected chi connectivity index (χ3v) is 7.99. The van der Waals surface area contributed by atoms with Crippen LogP contribution < -0.4 is 9.52 Å². The van der Waals surface area contributed by atoms with Gasteiger partial charge in [-0.1, -0.05) is 29.0 Å². The van der Waals surface area contributed by atoms with E-state index in [0.29, 0.717) is 21.9 Å². The first-order valence-electron chi connectivity index (χ1n) is 10.3. The van der Waals surface area contributed by atoms with E-state index in [4.69, 9.17) is 11.6 Å². The van der Waals surface area contributed by atoms with Crippen LogP contribution in [0, 0.1) is 13.8 Å². The summed E-state index contributed by atoms with van der Waals surface area (Å²) in [6.07, 6.45) is 0. The number of sulfonamides is 1. The summed E-state index contributed by atoms with van der Waals surface area (Å²) in [5, 5.41) is 0.444. The molecule has 0 saturated heterocycles. The summed E-state index contributed by atoms with van der Waals surface area (Å²) in [5.74, 6) is -0.440. The fourth-order valence-electron chi connectivity index (χ4n) is 3.41. The number of halogens is 1. The Morgan fingerprint density at radius 1 is 1.06 bits per heavy atom. The van der Waals surface area contributed by atoms with Crippen molar-refractivity contribution in [3.05, 3.63) is 87.2 Å². The summed E-state index contributed by atoms with van der Waals surface area (Å²) in [6, 6.07) is 16.4. The number of thiazole rings is 1. The van der Waals surface area contributed by atoms with Crippen LogP contribution in [0.4, 0.5) is 5.69 Å². The SMILES string of the molecule is CCn1c(=NC(=O)c2cccc(NS(=O)(=O)c3ccc(Cl)cc3)c2)sc2cc(C)c(C)cc21. The van der Waals surface area contributed by atoms with E-state index in [-0.39, 0.29) is 10.6 Å². The predicted octanol–water partition coefficient (Wildman–Crippen LogP) is 5.53. The second kappa shape index (κ2) is 9.13. The molecule has 1 aromatic heterocycles. The highest BCUT2D eigenvalue weighted by atomic mass is 35.5. The normalized spacial score (nSPS) is 12.3. The minimum atomic E-state index is -3.82. The molecule has 0 aliphatic heterocycles. The average Bonchev–Trinajstić information content (AvgIpc) is 3.09. The molecule has 33 heavy (non-hydrogen) atoms. The van der Waals surface area contributed by atoms with Crippen molar-refractivity contribution in [3.63, 3.8) is 0 Å². The van der Waals surface area contributed by atoms with E-state index in [2.05, 4.69) is 35.7 Å². The zero-order valence-corrected chi connectivity index (χ0v) is 20.7. The van der Waals surface area contributed by atoms with Gasteiger partial charge in [-0.3, -0.25) is 9.52 Å². The number of carbonyl (C=O) groups excluding carboxylic acids is 1. The molecule has 3 aromatic carbocycles. The number of fused-ring (bicyclic) bond motifs is 1. The molecule has 1 N–H and O–H groups in total. The molecule has 170 valence electrons. The number of nitrogens with one attached hydrogen (secondary N) is 1. The molecule has 0 unspecified atom stereocenters. The zero-order chi connectivity index (χ0) is 23.8. The molecule has 0 atom stereocenters. The Labute approximate surface area is 201 Å². The van der Waals surface area contributed by atoms with Crippen LogP contribution in [0.2, 0.25) is 5.02 Å². The lowest BCUT2D eigenvalue weighted by Gasteiger charge is -2.09. The van der Waals surface area contributed by atoms with Gasteiger partial charge in [-0.2, -0.15) is 4.99 Å². The Morgan fingerprint density at radius 3 is 2.45 bits per heavy atom. The molecular weight excluding hydrogens is 478 g/mol. The number of amides is 1. The largest absolute Gasteiger partial charge is 0.317 e. The number of rotatable bonds is 5. The number of aryl methyl sites for hydroxylation is 3. The standard InChI is InChI=1S/C24H22ClN3O3S2/c1-4-28-21-12-15(2)16(3)13-22(21)32-24(28)26-23(29)17-6-5-7-19(14-17)27-33(30,31)20-10-8-18(25)9-11-20/h5-14,27H,4H2,1-3H3. The monoisotopic (exact) mass is 499 g/mol. The van der Waals surface area contributed by atoms with Crippen molar-refractivity contribution < 1.29 is 13.2 Å². The average molecular weight is 500 g/mol. The minimum Gasteiger partial charge on any atom is -0.317 e. The van der Waals surface area contributed by atoms with Crippen LogP contribution in [0.25, 0.3) is 10.2 Å². The Morgan fingerprint density at radius 2 is 1.76 bits per heavy atom. The summed E-state index contributed by atoms with van der Waals surface area (Å²) in [5.41, 5.74) is 3.98. The topological polar surface area (TPSA) is 80.5 Å². The second-order valence-electron chi connectivity index (χ2n) is 7.59. The third-order valence-electron chi connectivity index (χ3n) is 5.30. The van der Waals surface area contributed by atoms with Crippen LogP contribution in [0.5, 0.6) is 0 Å². The number of hydrogen-bond donors (Lipinski definition) is 1. The number of nitrogens with zero attached hydrogens (tertiary/aromatic N) is 2. The molecule has 0 radical (unpaired) electrons. The maximum atomic E-state index is 13.0. The van der Waals surface area contributed by atoms with Crippen molar-refractivity contribution in [2.75, 3.05) is 4.72 Å². The Bertz CT molecular complexity index is 1540. The highest BCUT2D eigenvalue weighted by Gasteiger charge is 2.15. The van der Waals surface area contributed by atoms with Gasteiger partial charge in [0.25, 0.3) is 15.9 Å². The van der Waals surface area contributed by atoms with Gasteiger partial charge < -0.3 is 4.57 Å². The van der Waals surface area contributed by atoms with Crippen molar-refractivity contribution in [2.24, 2.45) is 4.99 Å². The van der Waals surface area contributed by atoms with Crippen LogP contribution in [-0.2, 0) is 16.6 Å². The van der Waals surface area contributed by atoms with Crippen LogP contribution in [0.1, 0.15) is 28.4 Å². The maximum Gasteiger partial charge on any atom is 0.279 e. The Kier molecular flexibility index (Phi) is 6.43. The van der Waals surface area contributed by atoms with Gasteiger partial charge in [-0.25, -0.2) is 8.42 Å². The maximum absolute atomic E-state index is 13.0. The summed E-state index contributed by atoms with van der Waals surface area (Å²) < 4.78 is 30.9. The highest BCUT2D eigenvalue weighted by molar-refractivity contribution is 7.92. The van der Waals surface area contributed by atoms with Gasteiger partial charge in [0.15, 0.2) is 4.80 Å². The number of hydrogen-bond acceptors (Lipinski definition) is 4. The predicted molar refractivity (Wildman–Crippen MR) is 134 cm³/mol. The van der Waals surface area contributed by atoms with Gasteiger partial charge in [0.05, 0.1) is 15.1 Å². The lowest BCUT2D eigenvalue weighted by Crippen LogP contribution is -2.16. The molecule has 1 heterocycles. The van der Waals surface area contributed by atoms with Gasteiger partial charge >= 0.3 is 0 Å². The van der Waals surface area contributed by atoms with E-state index in [1.165, 1.54) is 52.8 Å². The van der Waals surface area contributed by atoms with Crippen LogP contribution in [-0.4, -0.2) is 18.9 Å². The van der Waals surface area contributed by atoms with Gasteiger partial charge in [-0.15, -0.1) is 0 Å². The van der Waals surface area contributed by atoms with Gasteiger partial charge in [0.1, 0.15) is 0 Å². The van der Waals surface area contributed by atoms with E-state index in [1.807, 2.05) is 11.5 Å². The lowest BCUT2D eigenvalue weighted by atomic mass is 10.1. The Balaban J connectivity index is 1.67. The first-order chi connectivity index (χ1) is 15.7. The van der Waals surface area contributed by atoms with E-state index in [0.717, 1.165) is 10.2 Å². The smallest absolute Gasteiger partial charge is 0.279 e. The van der Waals surface area contributed by atoms with Crippen molar-refractivity contribution in [1.29, 1.82) is 0 Å². The van der Waals surface area contributed by atoms with Crippen molar-refractivity contribution >= 4 is 54.8 Å². The molecule has 0 fully saturated rings. The van der Waals surface area contributed by atoms with E-state index < -0.39 is 15.9 Å². The molecule has 4 rings (SSSR count). The third kappa shape index (κ3) is 4.88. The first kappa shape index (κ1) is 23.2. The molecule has 0 spiro atoms. The Hall–Kier alpha value is -2.94. The fourth-order valence-corrected chi connectivity index (χ4v) is 5.76. The van der Waals surface area contributed by atoms with E-state index in [9.17, 15) is 13.2 Å². The summed E-state index contributed by atoms with van der Waals surface area (Å²) in [6.45, 7) is 6.81. The summed E-state index contributed by atoms with van der Waals surface area (Å²) in [4.78, 5) is 18.0. The van der Waals surface area contributed by atoms with Crippen molar-refractivity contribution in [1.82, 2.24) is 4.57 Å². The quantitative estimate of drug-likeness (QED) is 0.391. The molecule has 1 amide bonds. The van der Waals surface area contributed by atoms with Gasteiger partial charge in [0, 0.05) is 22.8 Å². The number of aromatic nitrogens is 1. The highest BCUT2D eigenvalue weighted by Crippen LogP contribution is 2.23. The van der Waals surface area contributed by atoms with E-state index >= 15 is 0 Å². The summed E-state index contributed by atoms with van der Waals surface area (Å²) >= 11 is 7.30. The molecule has 6 nitrogen and oxygen atoms in total.